The summed E-state index contributed by atoms with van der Waals surface area (Å²) in [6.45, 7) is 2.01. The summed E-state index contributed by atoms with van der Waals surface area (Å²) >= 11 is 4.34. The van der Waals surface area contributed by atoms with Gasteiger partial charge in [0.05, 0.1) is 0 Å². The van der Waals surface area contributed by atoms with Gasteiger partial charge in [-0.2, -0.15) is 0 Å². The monoisotopic (exact) mass is 415 g/mol. The van der Waals surface area contributed by atoms with E-state index in [0.717, 1.165) is 6.16 Å². The predicted octanol–water partition coefficient (Wildman–Crippen LogP) is 4.19. The number of benzene rings is 3. The predicted molar refractivity (Wildman–Crippen MR) is 113 cm³/mol. The molecule has 0 spiro atoms. The van der Waals surface area contributed by atoms with E-state index >= 15 is 0 Å². The number of rotatable bonds is 6. The van der Waals surface area contributed by atoms with Crippen molar-refractivity contribution in [2.75, 3.05) is 6.16 Å². The zero-order chi connectivity index (χ0) is 17.8. The summed E-state index contributed by atoms with van der Waals surface area (Å²) < 4.78 is 0. The molecule has 0 aliphatic carbocycles. The molecule has 3 aromatic rings. The molecule has 2 N–H and O–H groups in total. The fraction of sp³-hybridized carbons (Fsp3) is 0.143. The Morgan fingerprint density at radius 3 is 1.36 bits per heavy atom. The van der Waals surface area contributed by atoms with Crippen LogP contribution in [0.5, 0.6) is 0 Å². The summed E-state index contributed by atoms with van der Waals surface area (Å²) in [5.41, 5.74) is 2.46. The first-order chi connectivity index (χ1) is 12.1. The third-order valence-electron chi connectivity index (χ3n) is 4.72. The molecule has 0 aromatic heterocycles. The normalized spacial score (nSPS) is 14.4. The van der Waals surface area contributed by atoms with E-state index < -0.39 is 5.31 Å². The van der Waals surface area contributed by atoms with Gasteiger partial charge in [0, 0.05) is 0 Å². The van der Waals surface area contributed by atoms with Gasteiger partial charge in [-0.25, -0.2) is 0 Å². The molecule has 0 aliphatic heterocycles. The molecule has 0 saturated carbocycles. The maximum atomic E-state index is 9.60. The fourth-order valence-corrected chi connectivity index (χ4v) is 12.0. The molecule has 0 aliphatic rings. The van der Waals surface area contributed by atoms with Crippen molar-refractivity contribution in [2.45, 2.75) is 13.0 Å². The molecule has 0 heterocycles. The molecule has 0 bridgehead atoms. The molecule has 0 radical (unpaired) electrons. The van der Waals surface area contributed by atoms with Gasteiger partial charge in [-0.1, -0.05) is 0 Å². The van der Waals surface area contributed by atoms with Gasteiger partial charge >= 0.3 is 158 Å². The van der Waals surface area contributed by atoms with Crippen LogP contribution in [0.3, 0.4) is 0 Å². The van der Waals surface area contributed by atoms with Crippen LogP contribution in [0.25, 0.3) is 0 Å². The number of hydrogen-bond donors (Lipinski definition) is 2. The molecular weight excluding hydrogens is 393 g/mol. The average Bonchev–Trinajstić information content (AvgIpc) is 2.70. The van der Waals surface area contributed by atoms with Gasteiger partial charge in [-0.15, -0.1) is 0 Å². The Morgan fingerprint density at radius 2 is 1.08 bits per heavy atom. The second-order valence-electron chi connectivity index (χ2n) is 6.40. The van der Waals surface area contributed by atoms with Crippen molar-refractivity contribution in [1.29, 1.82) is 0 Å². The molecule has 3 rings (SSSR count). The average molecular weight is 416 g/mol. The van der Waals surface area contributed by atoms with E-state index in [2.05, 4.69) is 93.8 Å². The van der Waals surface area contributed by atoms with Crippen molar-refractivity contribution in [2.24, 2.45) is 0 Å². The first-order valence-corrected chi connectivity index (χ1v) is 12.8. The van der Waals surface area contributed by atoms with Crippen LogP contribution in [0, 0.1) is 0 Å². The van der Waals surface area contributed by atoms with Crippen LogP contribution >= 0.6 is 20.8 Å². The van der Waals surface area contributed by atoms with Crippen LogP contribution < -0.4 is 21.4 Å². The number of hydrogen-bond acceptors (Lipinski definition) is 2. The minimum atomic E-state index is -2.93. The SMILES string of the molecule is CC(CP(Br)(c1ccccc1)(c1ccccc1)c1ccccc1)NO. The molecule has 2 nitrogen and oxygen atoms in total. The molecule has 0 saturated heterocycles. The van der Waals surface area contributed by atoms with E-state index in [1.165, 1.54) is 15.9 Å². The van der Waals surface area contributed by atoms with Crippen LogP contribution in [-0.2, 0) is 0 Å². The van der Waals surface area contributed by atoms with Crippen molar-refractivity contribution < 1.29 is 5.21 Å². The Hall–Kier alpha value is -1.51. The number of hydroxylamine groups is 1. The molecule has 130 valence electrons. The molecular formula is C21H23BrNOP. The summed E-state index contributed by atoms with van der Waals surface area (Å²) in [7, 11) is 0. The van der Waals surface area contributed by atoms with Crippen molar-refractivity contribution in [3.63, 3.8) is 0 Å². The Kier molecular flexibility index (Phi) is 5.41. The summed E-state index contributed by atoms with van der Waals surface area (Å²) in [6, 6.07) is 31.7. The Balaban J connectivity index is 2.40. The van der Waals surface area contributed by atoms with E-state index in [4.69, 9.17) is 0 Å². The van der Waals surface area contributed by atoms with E-state index in [-0.39, 0.29) is 6.04 Å². The standard InChI is InChI=1S/C21H23BrNOP/c1-18(23-24)17-25(22,19-11-5-2-6-12-19,20-13-7-3-8-14-20)21-15-9-4-10-16-21/h2-16,18,23-24H,17H2,1H3. The first kappa shape index (κ1) is 18.3. The molecule has 0 amide bonds. The van der Waals surface area contributed by atoms with E-state index in [1.807, 2.05) is 25.1 Å². The molecule has 0 fully saturated rings. The Labute approximate surface area is 157 Å². The second-order valence-corrected chi connectivity index (χ2v) is 15.4. The van der Waals surface area contributed by atoms with Gasteiger partial charge in [0.1, 0.15) is 0 Å². The van der Waals surface area contributed by atoms with Gasteiger partial charge in [0.25, 0.3) is 0 Å². The quantitative estimate of drug-likeness (QED) is 0.467. The maximum absolute atomic E-state index is 9.60. The summed E-state index contributed by atoms with van der Waals surface area (Å²) in [5.74, 6) is 0. The molecule has 25 heavy (non-hydrogen) atoms. The first-order valence-electron chi connectivity index (χ1n) is 8.39. The van der Waals surface area contributed by atoms with Crippen molar-refractivity contribution >= 4 is 36.7 Å². The van der Waals surface area contributed by atoms with Crippen LogP contribution in [0.15, 0.2) is 91.0 Å². The fourth-order valence-electron chi connectivity index (χ4n) is 3.54. The molecule has 4 heteroatoms. The summed E-state index contributed by atoms with van der Waals surface area (Å²) in [4.78, 5) is 0. The Morgan fingerprint density at radius 1 is 0.760 bits per heavy atom. The zero-order valence-electron chi connectivity index (χ0n) is 14.2. The molecule has 1 atom stereocenters. The topological polar surface area (TPSA) is 32.3 Å². The van der Waals surface area contributed by atoms with Gasteiger partial charge < -0.3 is 0 Å². The van der Waals surface area contributed by atoms with Gasteiger partial charge in [0.2, 0.25) is 0 Å². The van der Waals surface area contributed by atoms with Crippen molar-refractivity contribution in [3.8, 4) is 0 Å². The van der Waals surface area contributed by atoms with Gasteiger partial charge in [0.15, 0.2) is 0 Å². The van der Waals surface area contributed by atoms with E-state index in [9.17, 15) is 5.21 Å². The summed E-state index contributed by atoms with van der Waals surface area (Å²) in [5, 5.41) is 10.4. The number of halogens is 1. The van der Waals surface area contributed by atoms with Crippen LogP contribution in [-0.4, -0.2) is 17.4 Å². The van der Waals surface area contributed by atoms with Crippen molar-refractivity contribution in [1.82, 2.24) is 5.48 Å². The minimum absolute atomic E-state index is 0.0716. The van der Waals surface area contributed by atoms with Crippen LogP contribution in [0.2, 0.25) is 0 Å². The van der Waals surface area contributed by atoms with Gasteiger partial charge in [-0.3, -0.25) is 0 Å². The molecule has 3 aromatic carbocycles. The third kappa shape index (κ3) is 3.18. The Bertz CT molecular complexity index is 712. The third-order valence-corrected chi connectivity index (χ3v) is 14.6. The van der Waals surface area contributed by atoms with Gasteiger partial charge in [-0.05, 0) is 0 Å². The van der Waals surface area contributed by atoms with Crippen LogP contribution in [0.1, 0.15) is 6.92 Å². The van der Waals surface area contributed by atoms with Crippen LogP contribution in [0.4, 0.5) is 0 Å². The number of nitrogens with one attached hydrogen (secondary N) is 1. The second kappa shape index (κ2) is 7.39. The van der Waals surface area contributed by atoms with E-state index in [0.29, 0.717) is 0 Å². The van der Waals surface area contributed by atoms with Crippen molar-refractivity contribution in [3.05, 3.63) is 91.0 Å². The zero-order valence-corrected chi connectivity index (χ0v) is 16.7. The summed E-state index contributed by atoms with van der Waals surface area (Å²) in [6.07, 6.45) is 0.764. The molecule has 1 unspecified atom stereocenters. The van der Waals surface area contributed by atoms with E-state index in [1.54, 1.807) is 0 Å².